The number of ether oxygens (including phenoxy) is 1. The number of carbonyl (C=O) groups is 2. The van der Waals surface area contributed by atoms with Gasteiger partial charge in [-0.2, -0.15) is 0 Å². The molecule has 2 amide bonds. The van der Waals surface area contributed by atoms with E-state index in [-0.39, 0.29) is 5.91 Å². The number of unbranched alkanes of at least 4 members (excludes halogenated alkanes) is 1. The summed E-state index contributed by atoms with van der Waals surface area (Å²) in [7, 11) is 0. The van der Waals surface area contributed by atoms with Crippen LogP contribution in [0.1, 0.15) is 64.7 Å². The molecule has 0 bridgehead atoms. The van der Waals surface area contributed by atoms with E-state index in [2.05, 4.69) is 18.3 Å². The number of carbonyl (C=O) groups excluding carboxylic acids is 2. The van der Waals surface area contributed by atoms with Gasteiger partial charge in [-0.05, 0) is 57.4 Å². The topological polar surface area (TPSA) is 58.6 Å². The predicted octanol–water partition coefficient (Wildman–Crippen LogP) is 4.57. The van der Waals surface area contributed by atoms with Gasteiger partial charge in [0.1, 0.15) is 11.6 Å². The van der Waals surface area contributed by atoms with Crippen molar-refractivity contribution in [1.82, 2.24) is 10.2 Å². The predicted molar refractivity (Wildman–Crippen MR) is 105 cm³/mol. The van der Waals surface area contributed by atoms with Crippen LogP contribution < -0.4 is 5.32 Å². The third-order valence-corrected chi connectivity index (χ3v) is 5.11. The summed E-state index contributed by atoms with van der Waals surface area (Å²) in [4.78, 5) is 28.5. The summed E-state index contributed by atoms with van der Waals surface area (Å²) in [5.74, 6) is 0.608. The number of alkyl carbamates (subject to hydrolysis) is 1. The quantitative estimate of drug-likeness (QED) is 0.683. The lowest BCUT2D eigenvalue weighted by Gasteiger charge is -2.29. The molecule has 1 unspecified atom stereocenters. The average Bonchev–Trinajstić information content (AvgIpc) is 3.21. The first-order chi connectivity index (χ1) is 12.3. The van der Waals surface area contributed by atoms with Crippen molar-refractivity contribution in [3.63, 3.8) is 0 Å². The monoisotopic (exact) mass is 380 g/mol. The first-order valence-corrected chi connectivity index (χ1v) is 10.5. The summed E-state index contributed by atoms with van der Waals surface area (Å²) >= 11 is 1.66. The van der Waals surface area contributed by atoms with E-state index >= 15 is 0 Å². The highest BCUT2D eigenvalue weighted by molar-refractivity contribution is 7.09. The smallest absolute Gasteiger partial charge is 0.408 e. The maximum Gasteiger partial charge on any atom is 0.408 e. The molecular weight excluding hydrogens is 348 g/mol. The van der Waals surface area contributed by atoms with Crippen LogP contribution in [-0.4, -0.2) is 35.1 Å². The molecular formula is C20H32N2O3S. The third kappa shape index (κ3) is 7.36. The lowest BCUT2D eigenvalue weighted by atomic mass is 10.1. The average molecular weight is 381 g/mol. The normalized spacial score (nSPS) is 15.4. The van der Waals surface area contributed by atoms with E-state index in [0.29, 0.717) is 18.9 Å². The van der Waals surface area contributed by atoms with Crippen molar-refractivity contribution in [3.05, 3.63) is 22.4 Å². The molecule has 0 radical (unpaired) electrons. The summed E-state index contributed by atoms with van der Waals surface area (Å²) < 4.78 is 5.36. The van der Waals surface area contributed by atoms with E-state index in [1.54, 1.807) is 11.3 Å². The van der Waals surface area contributed by atoms with Crippen molar-refractivity contribution >= 4 is 23.3 Å². The summed E-state index contributed by atoms with van der Waals surface area (Å²) in [6.45, 7) is 8.95. The van der Waals surface area contributed by atoms with Gasteiger partial charge in [-0.15, -0.1) is 11.3 Å². The molecule has 1 aromatic rings. The molecule has 0 aliphatic heterocycles. The van der Waals surface area contributed by atoms with Crippen LogP contribution in [0.25, 0.3) is 0 Å². The van der Waals surface area contributed by atoms with E-state index in [1.165, 1.54) is 17.7 Å². The minimum atomic E-state index is -0.576. The fraction of sp³-hybridized carbons (Fsp3) is 0.700. The zero-order valence-electron chi connectivity index (χ0n) is 16.4. The molecule has 146 valence electrons. The SMILES string of the molecule is CCCCC(NC(=O)OC(C)(C)C)C(=O)N(Cc1cccs1)CC1CC1. The van der Waals surface area contributed by atoms with Gasteiger partial charge in [-0.1, -0.05) is 25.8 Å². The van der Waals surface area contributed by atoms with Crippen molar-refractivity contribution in [3.8, 4) is 0 Å². The van der Waals surface area contributed by atoms with Crippen LogP contribution in [0.5, 0.6) is 0 Å². The highest BCUT2D eigenvalue weighted by Gasteiger charge is 2.32. The maximum atomic E-state index is 13.2. The zero-order valence-corrected chi connectivity index (χ0v) is 17.2. The van der Waals surface area contributed by atoms with Gasteiger partial charge in [0.2, 0.25) is 5.91 Å². The van der Waals surface area contributed by atoms with E-state index in [9.17, 15) is 9.59 Å². The Labute approximate surface area is 161 Å². The highest BCUT2D eigenvalue weighted by atomic mass is 32.1. The number of rotatable bonds is 9. The molecule has 26 heavy (non-hydrogen) atoms. The van der Waals surface area contributed by atoms with Gasteiger partial charge in [0.05, 0.1) is 6.54 Å². The number of hydrogen-bond donors (Lipinski definition) is 1. The first kappa shape index (κ1) is 20.7. The zero-order chi connectivity index (χ0) is 19.2. The molecule has 1 heterocycles. The van der Waals surface area contributed by atoms with Crippen LogP contribution >= 0.6 is 11.3 Å². The molecule has 2 rings (SSSR count). The Kier molecular flexibility index (Phi) is 7.50. The Morgan fingerprint density at radius 2 is 2.12 bits per heavy atom. The van der Waals surface area contributed by atoms with Gasteiger partial charge in [0.15, 0.2) is 0 Å². The minimum absolute atomic E-state index is 0.00427. The number of thiophene rings is 1. The maximum absolute atomic E-state index is 13.2. The summed E-state index contributed by atoms with van der Waals surface area (Å²) in [6, 6.07) is 3.54. The Balaban J connectivity index is 2.05. The second-order valence-electron chi connectivity index (χ2n) is 8.08. The van der Waals surface area contributed by atoms with Crippen LogP contribution in [0.15, 0.2) is 17.5 Å². The molecule has 6 heteroatoms. The molecule has 1 fully saturated rings. The molecule has 1 N–H and O–H groups in total. The van der Waals surface area contributed by atoms with Gasteiger partial charge in [0.25, 0.3) is 0 Å². The Hall–Kier alpha value is -1.56. The highest BCUT2D eigenvalue weighted by Crippen LogP contribution is 2.31. The van der Waals surface area contributed by atoms with Crippen LogP contribution in [0.4, 0.5) is 4.79 Å². The number of nitrogens with zero attached hydrogens (tertiary/aromatic N) is 1. The van der Waals surface area contributed by atoms with Crippen LogP contribution in [0.3, 0.4) is 0 Å². The molecule has 1 aromatic heterocycles. The van der Waals surface area contributed by atoms with Crippen LogP contribution in [0.2, 0.25) is 0 Å². The van der Waals surface area contributed by atoms with Crippen molar-refractivity contribution in [1.29, 1.82) is 0 Å². The Morgan fingerprint density at radius 3 is 2.65 bits per heavy atom. The second kappa shape index (κ2) is 9.40. The fourth-order valence-electron chi connectivity index (χ4n) is 2.77. The van der Waals surface area contributed by atoms with E-state index < -0.39 is 17.7 Å². The van der Waals surface area contributed by atoms with Gasteiger partial charge < -0.3 is 15.0 Å². The number of nitrogens with one attached hydrogen (secondary N) is 1. The largest absolute Gasteiger partial charge is 0.444 e. The lowest BCUT2D eigenvalue weighted by Crippen LogP contribution is -2.50. The summed E-state index contributed by atoms with van der Waals surface area (Å²) in [5, 5.41) is 4.84. The van der Waals surface area contributed by atoms with Crippen molar-refractivity contribution in [2.45, 2.75) is 78.0 Å². The molecule has 1 atom stereocenters. The fourth-order valence-corrected chi connectivity index (χ4v) is 3.49. The van der Waals surface area contributed by atoms with Gasteiger partial charge in [0, 0.05) is 11.4 Å². The second-order valence-corrected chi connectivity index (χ2v) is 9.11. The Morgan fingerprint density at radius 1 is 1.38 bits per heavy atom. The number of hydrogen-bond acceptors (Lipinski definition) is 4. The molecule has 1 saturated carbocycles. The van der Waals surface area contributed by atoms with E-state index in [4.69, 9.17) is 4.74 Å². The third-order valence-electron chi connectivity index (χ3n) is 4.25. The minimum Gasteiger partial charge on any atom is -0.444 e. The van der Waals surface area contributed by atoms with Gasteiger partial charge >= 0.3 is 6.09 Å². The van der Waals surface area contributed by atoms with Crippen molar-refractivity contribution in [2.24, 2.45) is 5.92 Å². The molecule has 5 nitrogen and oxygen atoms in total. The van der Waals surface area contributed by atoms with Crippen LogP contribution in [0, 0.1) is 5.92 Å². The summed E-state index contributed by atoms with van der Waals surface area (Å²) in [6.07, 6.45) is 4.37. The van der Waals surface area contributed by atoms with Crippen molar-refractivity contribution < 1.29 is 14.3 Å². The first-order valence-electron chi connectivity index (χ1n) is 9.59. The Bertz CT molecular complexity index is 576. The molecule has 1 aliphatic rings. The van der Waals surface area contributed by atoms with Crippen LogP contribution in [-0.2, 0) is 16.1 Å². The molecule has 0 saturated heterocycles. The molecule has 0 aromatic carbocycles. The van der Waals surface area contributed by atoms with Gasteiger partial charge in [-0.3, -0.25) is 4.79 Å². The molecule has 0 spiro atoms. The standard InChI is InChI=1S/C20H32N2O3S/c1-5-6-9-17(21-19(24)25-20(2,3)4)18(23)22(13-15-10-11-15)14-16-8-7-12-26-16/h7-8,12,15,17H,5-6,9-11,13-14H2,1-4H3,(H,21,24). The van der Waals surface area contributed by atoms with Gasteiger partial charge in [-0.25, -0.2) is 4.79 Å². The van der Waals surface area contributed by atoms with E-state index in [1.807, 2.05) is 37.1 Å². The summed E-state index contributed by atoms with van der Waals surface area (Å²) in [5.41, 5.74) is -0.576. The van der Waals surface area contributed by atoms with E-state index in [0.717, 1.165) is 19.4 Å². The lowest BCUT2D eigenvalue weighted by molar-refractivity contribution is -0.134. The molecule has 1 aliphatic carbocycles. The number of amides is 2. The van der Waals surface area contributed by atoms with Crippen molar-refractivity contribution in [2.75, 3.05) is 6.54 Å².